The highest BCUT2D eigenvalue weighted by Gasteiger charge is 2.60. The van der Waals surface area contributed by atoms with Crippen LogP contribution in [0.25, 0.3) is 16.9 Å². The van der Waals surface area contributed by atoms with E-state index in [0.717, 1.165) is 32.3 Å². The first kappa shape index (κ1) is 28.9. The molecule has 7 nitrogen and oxygen atoms in total. The van der Waals surface area contributed by atoms with Crippen LogP contribution in [0.2, 0.25) is 10.0 Å². The fourth-order valence-electron chi connectivity index (χ4n) is 3.46. The molecule has 0 radical (unpaired) electrons. The van der Waals surface area contributed by atoms with Gasteiger partial charge in [-0.1, -0.05) is 23.2 Å². The van der Waals surface area contributed by atoms with Crippen molar-refractivity contribution >= 4 is 29.1 Å². The van der Waals surface area contributed by atoms with Crippen molar-refractivity contribution in [2.75, 3.05) is 0 Å². The summed E-state index contributed by atoms with van der Waals surface area (Å²) in [6.07, 6.45) is -18.8. The van der Waals surface area contributed by atoms with Gasteiger partial charge in [-0.3, -0.25) is 4.79 Å². The molecule has 1 N–H and O–H groups in total. The molecule has 1 amide bonds. The standard InChI is InChI=1S/C21H14Cl2F9N5O2/c1-36-17(14(19(25,26)27)16(35-36)39-21(31,32)18(24)20(28,29)30)37-7-8(6-33-37)10-4-11(13(23)5-12(10)22)15(38)34-9-2-3-9/h4-7,9,18H,2-3H2,1H3,(H,34,38). The predicted molar refractivity (Wildman–Crippen MR) is 118 cm³/mol. The molecule has 1 aliphatic rings. The average molecular weight is 610 g/mol. The Hall–Kier alpha value is -3.14. The molecule has 1 fully saturated rings. The number of aryl methyl sites for hydroxylation is 1. The van der Waals surface area contributed by atoms with Crippen LogP contribution in [0.1, 0.15) is 28.8 Å². The number of hydrogen-bond donors (Lipinski definition) is 1. The highest BCUT2D eigenvalue weighted by Crippen LogP contribution is 2.44. The summed E-state index contributed by atoms with van der Waals surface area (Å²) in [5.41, 5.74) is -1.89. The van der Waals surface area contributed by atoms with E-state index >= 15 is 0 Å². The van der Waals surface area contributed by atoms with Crippen LogP contribution in [-0.4, -0.2) is 50.0 Å². The molecular formula is C21H14Cl2F9N5O2. The number of nitrogens with one attached hydrogen (secondary N) is 1. The fraction of sp³-hybridized carbons (Fsp3) is 0.381. The van der Waals surface area contributed by atoms with E-state index in [-0.39, 0.29) is 32.8 Å². The maximum absolute atomic E-state index is 13.9. The fourth-order valence-corrected chi connectivity index (χ4v) is 4.04. The van der Waals surface area contributed by atoms with E-state index in [0.29, 0.717) is 9.36 Å². The number of carbonyl (C=O) groups is 1. The Morgan fingerprint density at radius 2 is 1.74 bits per heavy atom. The number of rotatable bonds is 7. The Kier molecular flexibility index (Phi) is 7.25. The minimum absolute atomic E-state index is 0.00646. The van der Waals surface area contributed by atoms with E-state index < -0.39 is 47.8 Å². The van der Waals surface area contributed by atoms with Crippen LogP contribution in [-0.2, 0) is 13.2 Å². The summed E-state index contributed by atoms with van der Waals surface area (Å²) in [6, 6.07) is 2.48. The van der Waals surface area contributed by atoms with Gasteiger partial charge in [0.2, 0.25) is 0 Å². The van der Waals surface area contributed by atoms with Gasteiger partial charge in [-0.25, -0.2) is 13.8 Å². The first-order valence-electron chi connectivity index (χ1n) is 10.7. The summed E-state index contributed by atoms with van der Waals surface area (Å²) in [4.78, 5) is 12.5. The molecule has 0 spiro atoms. The Bertz CT molecular complexity index is 1410. The number of halogens is 11. The summed E-state index contributed by atoms with van der Waals surface area (Å²) >= 11 is 12.3. The van der Waals surface area contributed by atoms with Gasteiger partial charge in [0.15, 0.2) is 11.4 Å². The van der Waals surface area contributed by atoms with Crippen molar-refractivity contribution in [1.29, 1.82) is 0 Å². The highest BCUT2D eigenvalue weighted by atomic mass is 35.5. The van der Waals surface area contributed by atoms with Gasteiger partial charge in [0.25, 0.3) is 18.0 Å². The van der Waals surface area contributed by atoms with Crippen molar-refractivity contribution in [3.8, 4) is 22.8 Å². The topological polar surface area (TPSA) is 74.0 Å². The smallest absolute Gasteiger partial charge is 0.410 e. The molecule has 2 aromatic heterocycles. The maximum Gasteiger partial charge on any atom is 0.440 e. The quantitative estimate of drug-likeness (QED) is 0.316. The molecular weight excluding hydrogens is 596 g/mol. The summed E-state index contributed by atoms with van der Waals surface area (Å²) in [5.74, 6) is -3.59. The third kappa shape index (κ3) is 5.90. The van der Waals surface area contributed by atoms with Crippen LogP contribution >= 0.6 is 23.2 Å². The van der Waals surface area contributed by atoms with Crippen molar-refractivity contribution in [3.63, 3.8) is 0 Å². The summed E-state index contributed by atoms with van der Waals surface area (Å²) in [7, 11) is 0.837. The molecule has 1 aromatic carbocycles. The number of aromatic nitrogens is 4. The van der Waals surface area contributed by atoms with Gasteiger partial charge < -0.3 is 10.1 Å². The number of carbonyl (C=O) groups excluding carboxylic acids is 1. The minimum Gasteiger partial charge on any atom is -0.410 e. The van der Waals surface area contributed by atoms with Gasteiger partial charge in [0.1, 0.15) is 0 Å². The Labute approximate surface area is 222 Å². The molecule has 4 rings (SSSR count). The van der Waals surface area contributed by atoms with E-state index in [1.165, 1.54) is 12.1 Å². The van der Waals surface area contributed by atoms with Crippen molar-refractivity contribution in [1.82, 2.24) is 24.9 Å². The predicted octanol–water partition coefficient (Wildman–Crippen LogP) is 6.36. The SMILES string of the molecule is Cn1nc(OC(F)(F)C(F)C(F)(F)F)c(C(F)(F)F)c1-n1cc(-c2cc(C(=O)NC3CC3)c(Cl)cc2Cl)cn1. The lowest BCUT2D eigenvalue weighted by molar-refractivity contribution is -0.306. The Balaban J connectivity index is 1.75. The number of alkyl halides is 9. The lowest BCUT2D eigenvalue weighted by Gasteiger charge is -2.22. The first-order valence-corrected chi connectivity index (χ1v) is 11.4. The molecule has 1 unspecified atom stereocenters. The van der Waals surface area contributed by atoms with Gasteiger partial charge in [-0.15, -0.1) is 5.10 Å². The average Bonchev–Trinajstić information content (AvgIpc) is 3.35. The molecule has 0 bridgehead atoms. The molecule has 2 heterocycles. The van der Waals surface area contributed by atoms with Crippen molar-refractivity contribution in [2.24, 2.45) is 7.05 Å². The van der Waals surface area contributed by atoms with Crippen LogP contribution in [0.4, 0.5) is 39.5 Å². The number of benzene rings is 1. The van der Waals surface area contributed by atoms with E-state index in [9.17, 15) is 44.3 Å². The van der Waals surface area contributed by atoms with Gasteiger partial charge in [0, 0.05) is 30.4 Å². The van der Waals surface area contributed by atoms with E-state index in [2.05, 4.69) is 20.3 Å². The minimum atomic E-state index is -6.14. The summed E-state index contributed by atoms with van der Waals surface area (Å²) in [6.45, 7) is 0. The molecule has 3 aromatic rings. The van der Waals surface area contributed by atoms with Crippen LogP contribution in [0.3, 0.4) is 0 Å². The second-order valence-corrected chi connectivity index (χ2v) is 9.24. The normalized spacial score (nSPS) is 15.4. The van der Waals surface area contributed by atoms with Crippen molar-refractivity contribution in [2.45, 2.75) is 43.5 Å². The van der Waals surface area contributed by atoms with E-state index in [4.69, 9.17) is 23.2 Å². The summed E-state index contributed by atoms with van der Waals surface area (Å²) < 4.78 is 124. The number of nitrogens with zero attached hydrogens (tertiary/aromatic N) is 4. The molecule has 0 saturated heterocycles. The van der Waals surface area contributed by atoms with Crippen LogP contribution in [0, 0.1) is 0 Å². The molecule has 0 aliphatic heterocycles. The lowest BCUT2D eigenvalue weighted by atomic mass is 10.1. The van der Waals surface area contributed by atoms with Gasteiger partial charge in [-0.05, 0) is 25.0 Å². The zero-order chi connectivity index (χ0) is 29.1. The molecule has 39 heavy (non-hydrogen) atoms. The summed E-state index contributed by atoms with van der Waals surface area (Å²) in [5, 5.41) is 9.52. The Morgan fingerprint density at radius 1 is 1.10 bits per heavy atom. The van der Waals surface area contributed by atoms with Gasteiger partial charge in [0.05, 0.1) is 21.8 Å². The van der Waals surface area contributed by atoms with Crippen molar-refractivity contribution < 1.29 is 49.0 Å². The second-order valence-electron chi connectivity index (χ2n) is 8.43. The Morgan fingerprint density at radius 3 is 2.31 bits per heavy atom. The van der Waals surface area contributed by atoms with E-state index in [1.807, 2.05) is 0 Å². The number of hydrogen-bond acceptors (Lipinski definition) is 4. The van der Waals surface area contributed by atoms with Crippen molar-refractivity contribution in [3.05, 3.63) is 45.7 Å². The second kappa shape index (κ2) is 9.80. The number of amides is 1. The monoisotopic (exact) mass is 609 g/mol. The van der Waals surface area contributed by atoms with Crippen LogP contribution < -0.4 is 10.1 Å². The molecule has 1 atom stereocenters. The largest absolute Gasteiger partial charge is 0.440 e. The van der Waals surface area contributed by atoms with Crippen LogP contribution in [0.15, 0.2) is 24.5 Å². The molecule has 212 valence electrons. The molecule has 1 saturated carbocycles. The number of ether oxygens (including phenoxy) is 1. The van der Waals surface area contributed by atoms with E-state index in [1.54, 1.807) is 0 Å². The third-order valence-electron chi connectivity index (χ3n) is 5.41. The maximum atomic E-state index is 13.9. The zero-order valence-electron chi connectivity index (χ0n) is 19.1. The van der Waals surface area contributed by atoms with Gasteiger partial charge in [-0.2, -0.15) is 40.2 Å². The first-order chi connectivity index (χ1) is 17.9. The zero-order valence-corrected chi connectivity index (χ0v) is 20.7. The molecule has 18 heteroatoms. The highest BCUT2D eigenvalue weighted by molar-refractivity contribution is 6.38. The molecule has 1 aliphatic carbocycles. The van der Waals surface area contributed by atoms with Crippen LogP contribution in [0.5, 0.6) is 5.88 Å². The van der Waals surface area contributed by atoms with Gasteiger partial charge >= 0.3 is 18.5 Å². The third-order valence-corrected chi connectivity index (χ3v) is 6.03. The lowest BCUT2D eigenvalue weighted by Crippen LogP contribution is -2.46.